The Morgan fingerprint density at radius 1 is 2.00 bits per heavy atom. The molecule has 0 aliphatic rings. The van der Waals surface area contributed by atoms with E-state index in [1.165, 1.54) is 0 Å². The lowest BCUT2D eigenvalue weighted by Crippen LogP contribution is -1.94. The first kappa shape index (κ1) is 6.49. The topological polar surface area (TPSA) is 45.4 Å². The fraction of sp³-hybridized carbons (Fsp3) is 0.667. The Balaban J connectivity index is 3.17. The van der Waals surface area contributed by atoms with Crippen molar-refractivity contribution < 1.29 is 4.74 Å². The van der Waals surface area contributed by atoms with E-state index in [9.17, 15) is 0 Å². The van der Waals surface area contributed by atoms with Gasteiger partial charge in [-0.1, -0.05) is 0 Å². The molecule has 0 fully saturated rings. The number of ether oxygens (including phenoxy) is 1. The Bertz CT molecular complexity index is 83.0. The van der Waals surface area contributed by atoms with Gasteiger partial charge in [0.05, 0.1) is 6.61 Å². The summed E-state index contributed by atoms with van der Waals surface area (Å²) in [5.41, 5.74) is 6.27. The van der Waals surface area contributed by atoms with E-state index in [0.29, 0.717) is 6.61 Å². The molecule has 0 radical (unpaired) electrons. The lowest BCUT2D eigenvalue weighted by molar-refractivity contribution is 0.329. The molecule has 0 amide bonds. The highest BCUT2D eigenvalue weighted by Crippen LogP contribution is 1.80. The van der Waals surface area contributed by atoms with Gasteiger partial charge in [0, 0.05) is 0 Å². The summed E-state index contributed by atoms with van der Waals surface area (Å²) in [4.78, 5) is 0. The van der Waals surface area contributed by atoms with Gasteiger partial charge in [-0.05, 0) is 19.1 Å². The summed E-state index contributed by atoms with van der Waals surface area (Å²) in [5.74, 6) is 0. The maximum atomic E-state index is 6.27. The molecule has 0 aliphatic carbocycles. The van der Waals surface area contributed by atoms with Crippen LogP contribution in [0, 0.1) is 5.53 Å². The number of nitrogens with zero attached hydrogens (tertiary/aromatic N) is 1. The second-order valence-electron chi connectivity index (χ2n) is 0.811. The number of rotatable bonds is 1. The van der Waals surface area contributed by atoms with Crippen molar-refractivity contribution in [3.63, 3.8) is 0 Å². The third-order valence-corrected chi connectivity index (χ3v) is 0.568. The molecule has 3 nitrogen and oxygen atoms in total. The van der Waals surface area contributed by atoms with E-state index in [1.807, 2.05) is 0 Å². The molecule has 0 aromatic rings. The summed E-state index contributed by atoms with van der Waals surface area (Å²) in [6.45, 7) is 2.28. The van der Waals surface area contributed by atoms with Crippen LogP contribution >= 0.6 is 12.2 Å². The van der Waals surface area contributed by atoms with Crippen LogP contribution in [-0.2, 0) is 4.74 Å². The lowest BCUT2D eigenvalue weighted by Gasteiger charge is -1.92. The zero-order valence-corrected chi connectivity index (χ0v) is 4.79. The molecule has 0 aromatic carbocycles. The highest BCUT2D eigenvalue weighted by Gasteiger charge is 1.84. The van der Waals surface area contributed by atoms with Crippen molar-refractivity contribution in [2.75, 3.05) is 6.61 Å². The molecule has 1 N–H and O–H groups in total. The van der Waals surface area contributed by atoms with Crippen LogP contribution in [0.3, 0.4) is 0 Å². The third-order valence-electron chi connectivity index (χ3n) is 0.359. The number of hydrogen-bond acceptors (Lipinski definition) is 3. The van der Waals surface area contributed by atoms with Crippen molar-refractivity contribution in [2.45, 2.75) is 6.92 Å². The Morgan fingerprint density at radius 2 is 2.57 bits per heavy atom. The van der Waals surface area contributed by atoms with Gasteiger partial charge in [-0.2, -0.15) is 0 Å². The predicted octanol–water partition coefficient (Wildman–Crippen LogP) is 1.34. The van der Waals surface area contributed by atoms with Gasteiger partial charge in [-0.25, -0.2) is 5.53 Å². The first-order chi connectivity index (χ1) is 3.31. The maximum absolute atomic E-state index is 6.27. The minimum atomic E-state index is 0.00231. The average molecular weight is 118 g/mol. The van der Waals surface area contributed by atoms with Crippen LogP contribution in [0.25, 0.3) is 0 Å². The lowest BCUT2D eigenvalue weighted by atomic mass is 10.9. The monoisotopic (exact) mass is 118 g/mol. The molecule has 0 saturated carbocycles. The van der Waals surface area contributed by atoms with Gasteiger partial charge in [0.2, 0.25) is 0 Å². The minimum Gasteiger partial charge on any atom is -0.469 e. The van der Waals surface area contributed by atoms with E-state index in [1.54, 1.807) is 6.92 Å². The molecule has 0 unspecified atom stereocenters. The summed E-state index contributed by atoms with van der Waals surface area (Å²) in [6.07, 6.45) is 0. The van der Waals surface area contributed by atoms with Gasteiger partial charge in [-0.3, -0.25) is 0 Å². The maximum Gasteiger partial charge on any atom is 0.301 e. The quantitative estimate of drug-likeness (QED) is 0.417. The first-order valence-corrected chi connectivity index (χ1v) is 2.26. The molecule has 0 bridgehead atoms. The summed E-state index contributed by atoms with van der Waals surface area (Å²) in [5, 5.41) is 2.84. The van der Waals surface area contributed by atoms with Crippen LogP contribution in [0.5, 0.6) is 0 Å². The van der Waals surface area contributed by atoms with Gasteiger partial charge in [0.25, 0.3) is 0 Å². The Morgan fingerprint density at radius 3 is 2.71 bits per heavy atom. The second kappa shape index (κ2) is 3.67. The van der Waals surface area contributed by atoms with Crippen LogP contribution in [0.1, 0.15) is 6.92 Å². The highest BCUT2D eigenvalue weighted by molar-refractivity contribution is 7.80. The molecular weight excluding hydrogens is 112 g/mol. The fourth-order valence-corrected chi connectivity index (χ4v) is 0.274. The number of thiocarbonyl (C=S) groups is 1. The van der Waals surface area contributed by atoms with Gasteiger partial charge >= 0.3 is 5.17 Å². The molecule has 0 heterocycles. The largest absolute Gasteiger partial charge is 0.469 e. The molecule has 0 aliphatic heterocycles. The van der Waals surface area contributed by atoms with Crippen molar-refractivity contribution in [3.8, 4) is 0 Å². The molecule has 7 heavy (non-hydrogen) atoms. The molecule has 0 spiro atoms. The SMILES string of the molecule is CCOC(=S)N=N. The Kier molecular flexibility index (Phi) is 3.40. The molecule has 0 rings (SSSR count). The number of hydrogen-bond donors (Lipinski definition) is 1. The summed E-state index contributed by atoms with van der Waals surface area (Å²) < 4.78 is 4.57. The van der Waals surface area contributed by atoms with Crippen LogP contribution in [0.4, 0.5) is 0 Å². The molecule has 0 saturated heterocycles. The summed E-state index contributed by atoms with van der Waals surface area (Å²) in [6, 6.07) is 0. The summed E-state index contributed by atoms with van der Waals surface area (Å²) >= 11 is 4.38. The standard InChI is InChI=1S/C3H6N2OS/c1-2-6-3(7)5-4/h4H,2H2,1H3. The zero-order chi connectivity index (χ0) is 5.70. The normalized spacial score (nSPS) is 7.57. The van der Waals surface area contributed by atoms with Crippen LogP contribution in [0.15, 0.2) is 5.11 Å². The smallest absolute Gasteiger partial charge is 0.301 e. The van der Waals surface area contributed by atoms with Crippen molar-refractivity contribution in [2.24, 2.45) is 5.11 Å². The van der Waals surface area contributed by atoms with E-state index in [2.05, 4.69) is 22.1 Å². The molecular formula is C3H6N2OS. The molecule has 0 aromatic heterocycles. The Hall–Kier alpha value is -0.510. The molecule has 40 valence electrons. The van der Waals surface area contributed by atoms with Crippen molar-refractivity contribution in [1.29, 1.82) is 5.53 Å². The zero-order valence-electron chi connectivity index (χ0n) is 3.97. The van der Waals surface area contributed by atoms with Crippen molar-refractivity contribution in [3.05, 3.63) is 0 Å². The van der Waals surface area contributed by atoms with Gasteiger partial charge in [0.1, 0.15) is 0 Å². The minimum absolute atomic E-state index is 0.00231. The Labute approximate surface area is 47.2 Å². The van der Waals surface area contributed by atoms with Gasteiger partial charge in [-0.15, -0.1) is 5.11 Å². The van der Waals surface area contributed by atoms with E-state index < -0.39 is 0 Å². The van der Waals surface area contributed by atoms with Crippen LogP contribution < -0.4 is 0 Å². The van der Waals surface area contributed by atoms with E-state index >= 15 is 0 Å². The number of nitrogens with one attached hydrogen (secondary N) is 1. The molecule has 4 heteroatoms. The van der Waals surface area contributed by atoms with Crippen LogP contribution in [0.2, 0.25) is 0 Å². The van der Waals surface area contributed by atoms with Crippen molar-refractivity contribution in [1.82, 2.24) is 0 Å². The van der Waals surface area contributed by atoms with E-state index in [-0.39, 0.29) is 5.17 Å². The second-order valence-corrected chi connectivity index (χ2v) is 1.16. The van der Waals surface area contributed by atoms with Crippen LogP contribution in [-0.4, -0.2) is 11.8 Å². The third kappa shape index (κ3) is 3.32. The van der Waals surface area contributed by atoms with E-state index in [0.717, 1.165) is 0 Å². The fourth-order valence-electron chi connectivity index (χ4n) is 0.156. The van der Waals surface area contributed by atoms with Gasteiger partial charge < -0.3 is 4.74 Å². The van der Waals surface area contributed by atoms with E-state index in [4.69, 9.17) is 5.53 Å². The predicted molar refractivity (Wildman–Crippen MR) is 29.4 cm³/mol. The highest BCUT2D eigenvalue weighted by atomic mass is 32.1. The average Bonchev–Trinajstić information content (AvgIpc) is 1.68. The van der Waals surface area contributed by atoms with Gasteiger partial charge in [0.15, 0.2) is 0 Å². The first-order valence-electron chi connectivity index (χ1n) is 1.85. The molecule has 0 atom stereocenters. The van der Waals surface area contributed by atoms with Crippen molar-refractivity contribution >= 4 is 17.4 Å². The summed E-state index contributed by atoms with van der Waals surface area (Å²) in [7, 11) is 0.